The van der Waals surface area contributed by atoms with Crippen molar-refractivity contribution >= 4 is 8.07 Å². The first-order valence-electron chi connectivity index (χ1n) is 5.90. The molecule has 0 aliphatic rings. The van der Waals surface area contributed by atoms with Gasteiger partial charge >= 0.3 is 0 Å². The summed E-state index contributed by atoms with van der Waals surface area (Å²) in [5, 5.41) is 0.522. The summed E-state index contributed by atoms with van der Waals surface area (Å²) in [4.78, 5) is 0. The van der Waals surface area contributed by atoms with E-state index in [2.05, 4.69) is 61.9 Å². The summed E-state index contributed by atoms with van der Waals surface area (Å²) < 4.78 is 0. The zero-order chi connectivity index (χ0) is 11.8. The molecule has 0 rings (SSSR count). The highest BCUT2D eigenvalue weighted by Crippen LogP contribution is 2.49. The Morgan fingerprint density at radius 2 is 1.29 bits per heavy atom. The van der Waals surface area contributed by atoms with Crippen molar-refractivity contribution in [3.63, 3.8) is 0 Å². The van der Waals surface area contributed by atoms with Gasteiger partial charge in [-0.2, -0.15) is 0 Å². The van der Waals surface area contributed by atoms with Crippen LogP contribution in [0.2, 0.25) is 23.2 Å². The quantitative estimate of drug-likeness (QED) is 0.546. The molecule has 86 valence electrons. The molecule has 0 saturated carbocycles. The third-order valence-electron chi connectivity index (χ3n) is 3.89. The summed E-state index contributed by atoms with van der Waals surface area (Å²) in [6.45, 7) is 21.9. The minimum absolute atomic E-state index is 0.485. The zero-order valence-electron chi connectivity index (χ0n) is 11.8. The van der Waals surface area contributed by atoms with Crippen molar-refractivity contribution in [1.29, 1.82) is 0 Å². The van der Waals surface area contributed by atoms with E-state index < -0.39 is 8.07 Å². The van der Waals surface area contributed by atoms with Crippen LogP contribution in [0.3, 0.4) is 0 Å². The number of hydrogen-bond acceptors (Lipinski definition) is 0. The number of rotatable bonds is 2. The molecule has 0 unspecified atom stereocenters. The van der Waals surface area contributed by atoms with Crippen LogP contribution in [0.5, 0.6) is 0 Å². The molecule has 0 N–H and O–H groups in total. The van der Waals surface area contributed by atoms with E-state index >= 15 is 0 Å². The third kappa shape index (κ3) is 3.41. The predicted octanol–water partition coefficient (Wildman–Crippen LogP) is 5.32. The van der Waals surface area contributed by atoms with E-state index in [1.54, 1.807) is 0 Å². The molecular formula is C13H30Si. The Hall–Kier alpha value is 0.217. The van der Waals surface area contributed by atoms with E-state index in [1.807, 2.05) is 0 Å². The van der Waals surface area contributed by atoms with Gasteiger partial charge in [0, 0.05) is 0 Å². The Kier molecular flexibility index (Phi) is 4.06. The van der Waals surface area contributed by atoms with Gasteiger partial charge in [0.25, 0.3) is 0 Å². The van der Waals surface area contributed by atoms with Crippen molar-refractivity contribution in [3.8, 4) is 0 Å². The molecule has 0 aromatic carbocycles. The molecule has 0 aliphatic heterocycles. The standard InChI is InChI=1S/C13H30Si/c1-11(2)14(9,13(6,7)8)10-12(3,4)5/h11H,10H2,1-9H3/t14-/m1/s1. The highest BCUT2D eigenvalue weighted by molar-refractivity contribution is 6.82. The van der Waals surface area contributed by atoms with Crippen LogP contribution in [-0.2, 0) is 0 Å². The molecule has 0 aromatic heterocycles. The second-order valence-corrected chi connectivity index (χ2v) is 13.4. The second kappa shape index (κ2) is 4.00. The molecular weight excluding hydrogens is 184 g/mol. The largest absolute Gasteiger partial charge is 0.0686 e. The fourth-order valence-electron chi connectivity index (χ4n) is 2.44. The van der Waals surface area contributed by atoms with Crippen molar-refractivity contribution < 1.29 is 0 Å². The van der Waals surface area contributed by atoms with E-state index in [-0.39, 0.29) is 0 Å². The van der Waals surface area contributed by atoms with Crippen LogP contribution in [-0.4, -0.2) is 8.07 Å². The summed E-state index contributed by atoms with van der Waals surface area (Å²) in [6, 6.07) is 1.43. The van der Waals surface area contributed by atoms with Crippen molar-refractivity contribution in [2.45, 2.75) is 78.6 Å². The average molecular weight is 214 g/mol. The lowest BCUT2D eigenvalue weighted by Crippen LogP contribution is -2.46. The van der Waals surface area contributed by atoms with Crippen LogP contribution in [0.4, 0.5) is 0 Å². The van der Waals surface area contributed by atoms with E-state index in [0.29, 0.717) is 10.5 Å². The fourth-order valence-corrected chi connectivity index (χ4v) is 7.31. The maximum absolute atomic E-state index is 2.59. The van der Waals surface area contributed by atoms with Gasteiger partial charge in [-0.3, -0.25) is 0 Å². The normalized spacial score (nSPS) is 18.4. The lowest BCUT2D eigenvalue weighted by atomic mass is 10.0. The van der Waals surface area contributed by atoms with Gasteiger partial charge < -0.3 is 0 Å². The molecule has 0 heterocycles. The van der Waals surface area contributed by atoms with Gasteiger partial charge in [0.15, 0.2) is 0 Å². The molecule has 0 spiro atoms. The molecule has 0 fully saturated rings. The molecule has 0 aromatic rings. The molecule has 14 heavy (non-hydrogen) atoms. The van der Waals surface area contributed by atoms with Crippen molar-refractivity contribution in [2.24, 2.45) is 5.41 Å². The molecule has 0 saturated heterocycles. The van der Waals surface area contributed by atoms with Crippen molar-refractivity contribution in [1.82, 2.24) is 0 Å². The molecule has 1 heteroatoms. The van der Waals surface area contributed by atoms with Gasteiger partial charge in [-0.05, 0) is 10.5 Å². The fraction of sp³-hybridized carbons (Fsp3) is 1.00. The zero-order valence-corrected chi connectivity index (χ0v) is 12.8. The van der Waals surface area contributed by atoms with Crippen molar-refractivity contribution in [2.75, 3.05) is 0 Å². The minimum atomic E-state index is -1.16. The van der Waals surface area contributed by atoms with E-state index in [9.17, 15) is 0 Å². The first-order chi connectivity index (χ1) is 5.90. The summed E-state index contributed by atoms with van der Waals surface area (Å²) in [7, 11) is -1.16. The maximum atomic E-state index is 2.59. The van der Waals surface area contributed by atoms with Gasteiger partial charge in [-0.25, -0.2) is 0 Å². The van der Waals surface area contributed by atoms with Crippen LogP contribution < -0.4 is 0 Å². The van der Waals surface area contributed by atoms with Crippen LogP contribution >= 0.6 is 0 Å². The molecule has 0 bridgehead atoms. The third-order valence-corrected chi connectivity index (χ3v) is 11.7. The average Bonchev–Trinajstić information content (AvgIpc) is 1.79. The molecule has 1 atom stereocenters. The lowest BCUT2D eigenvalue weighted by Gasteiger charge is -2.47. The van der Waals surface area contributed by atoms with Gasteiger partial charge in [-0.15, -0.1) is 0 Å². The van der Waals surface area contributed by atoms with E-state index in [1.165, 1.54) is 6.04 Å². The van der Waals surface area contributed by atoms with Gasteiger partial charge in [0.1, 0.15) is 0 Å². The van der Waals surface area contributed by atoms with Gasteiger partial charge in [0.2, 0.25) is 0 Å². The maximum Gasteiger partial charge on any atom is 0.0589 e. The van der Waals surface area contributed by atoms with Crippen LogP contribution in [0, 0.1) is 5.41 Å². The first-order valence-corrected chi connectivity index (χ1v) is 8.68. The molecule has 0 radical (unpaired) electrons. The Balaban J connectivity index is 4.94. The monoisotopic (exact) mass is 214 g/mol. The minimum Gasteiger partial charge on any atom is -0.0686 e. The summed E-state index contributed by atoms with van der Waals surface area (Å²) in [6.07, 6.45) is 0. The summed E-state index contributed by atoms with van der Waals surface area (Å²) >= 11 is 0. The lowest BCUT2D eigenvalue weighted by molar-refractivity contribution is 0.447. The SMILES string of the molecule is CC(C)[Si@@](C)(CC(C)(C)C)C(C)(C)C. The molecule has 0 aliphatic carbocycles. The highest BCUT2D eigenvalue weighted by Gasteiger charge is 2.44. The topological polar surface area (TPSA) is 0 Å². The summed E-state index contributed by atoms with van der Waals surface area (Å²) in [5.74, 6) is 0. The van der Waals surface area contributed by atoms with E-state index in [0.717, 1.165) is 5.54 Å². The second-order valence-electron chi connectivity index (χ2n) is 7.56. The smallest absolute Gasteiger partial charge is 0.0589 e. The predicted molar refractivity (Wildman–Crippen MR) is 70.7 cm³/mol. The summed E-state index contributed by atoms with van der Waals surface area (Å²) in [5.41, 5.74) is 1.36. The molecule has 0 amide bonds. The van der Waals surface area contributed by atoms with Crippen molar-refractivity contribution in [3.05, 3.63) is 0 Å². The molecule has 0 nitrogen and oxygen atoms in total. The van der Waals surface area contributed by atoms with E-state index in [4.69, 9.17) is 0 Å². The first kappa shape index (κ1) is 14.2. The Bertz CT molecular complexity index is 180. The highest BCUT2D eigenvalue weighted by atomic mass is 28.3. The van der Waals surface area contributed by atoms with Crippen LogP contribution in [0.15, 0.2) is 0 Å². The Morgan fingerprint density at radius 3 is 1.36 bits per heavy atom. The van der Waals surface area contributed by atoms with Gasteiger partial charge in [0.05, 0.1) is 8.07 Å². The number of hydrogen-bond donors (Lipinski definition) is 0. The van der Waals surface area contributed by atoms with Crippen LogP contribution in [0.1, 0.15) is 55.4 Å². The Morgan fingerprint density at radius 1 is 0.929 bits per heavy atom. The Labute approximate surface area is 92.5 Å². The van der Waals surface area contributed by atoms with Gasteiger partial charge in [-0.1, -0.05) is 73.5 Å². The van der Waals surface area contributed by atoms with Crippen LogP contribution in [0.25, 0.3) is 0 Å².